The van der Waals surface area contributed by atoms with Crippen molar-refractivity contribution in [3.8, 4) is 5.75 Å². The van der Waals surface area contributed by atoms with Crippen molar-refractivity contribution in [3.05, 3.63) is 24.3 Å². The fourth-order valence-corrected chi connectivity index (χ4v) is 2.29. The highest BCUT2D eigenvalue weighted by Crippen LogP contribution is 2.23. The monoisotopic (exact) mass is 307 g/mol. The zero-order valence-electron chi connectivity index (χ0n) is 12.9. The van der Waals surface area contributed by atoms with E-state index in [1.54, 1.807) is 31.2 Å². The molecule has 0 atom stereocenters. The Bertz CT molecular complexity index is 532. The zero-order valence-corrected chi connectivity index (χ0v) is 12.9. The van der Waals surface area contributed by atoms with Gasteiger partial charge in [-0.15, -0.1) is 0 Å². The summed E-state index contributed by atoms with van der Waals surface area (Å²) in [4.78, 5) is 28.9. The molecule has 2 rings (SSSR count). The van der Waals surface area contributed by atoms with Crippen molar-refractivity contribution in [2.45, 2.75) is 0 Å². The number of likely N-dealkylation sites (N-methyl/N-ethyl adjacent to an activating group) is 1. The zero-order chi connectivity index (χ0) is 16.1. The number of carbonyl (C=O) groups excluding carboxylic acids is 2. The van der Waals surface area contributed by atoms with Gasteiger partial charge < -0.3 is 19.6 Å². The lowest BCUT2D eigenvalue weighted by atomic mass is 10.3. The third kappa shape index (κ3) is 3.48. The number of carbonyl (C=O) groups is 2. The van der Waals surface area contributed by atoms with E-state index in [0.29, 0.717) is 13.1 Å². The molecule has 0 bridgehead atoms. The van der Waals surface area contributed by atoms with Crippen LogP contribution in [-0.2, 0) is 4.79 Å². The SMILES string of the molecule is COc1ccc(N2CCN(CC(=O)N(C)CCO)C2=O)cc1. The van der Waals surface area contributed by atoms with Crippen molar-refractivity contribution in [1.29, 1.82) is 0 Å². The van der Waals surface area contributed by atoms with Crippen LogP contribution >= 0.6 is 0 Å². The van der Waals surface area contributed by atoms with Crippen LogP contribution in [0.3, 0.4) is 0 Å². The molecule has 1 aromatic rings. The quantitative estimate of drug-likeness (QED) is 0.825. The molecule has 1 N–H and O–H groups in total. The summed E-state index contributed by atoms with van der Waals surface area (Å²) in [5.41, 5.74) is 0.782. The molecule has 1 aliphatic heterocycles. The maximum absolute atomic E-state index is 12.4. The van der Waals surface area contributed by atoms with E-state index in [2.05, 4.69) is 0 Å². The Morgan fingerprint density at radius 3 is 2.59 bits per heavy atom. The minimum atomic E-state index is -0.184. The highest BCUT2D eigenvalue weighted by Gasteiger charge is 2.31. The molecule has 0 spiro atoms. The molecule has 3 amide bonds. The molecule has 0 aromatic heterocycles. The molecule has 1 aromatic carbocycles. The topological polar surface area (TPSA) is 73.3 Å². The number of urea groups is 1. The molecule has 0 unspecified atom stereocenters. The molecule has 1 heterocycles. The number of aliphatic hydroxyl groups excluding tert-OH is 1. The van der Waals surface area contributed by atoms with Gasteiger partial charge in [0, 0.05) is 32.4 Å². The Balaban J connectivity index is 1.98. The van der Waals surface area contributed by atoms with Gasteiger partial charge in [0.15, 0.2) is 0 Å². The summed E-state index contributed by atoms with van der Waals surface area (Å²) in [7, 11) is 3.20. The Hall–Kier alpha value is -2.28. The minimum absolute atomic E-state index is 0.0298. The summed E-state index contributed by atoms with van der Waals surface area (Å²) in [5, 5.41) is 8.84. The molecular weight excluding hydrogens is 286 g/mol. The van der Waals surface area contributed by atoms with Crippen molar-refractivity contribution in [1.82, 2.24) is 9.80 Å². The molecule has 0 radical (unpaired) electrons. The number of aliphatic hydroxyl groups is 1. The van der Waals surface area contributed by atoms with E-state index in [1.165, 1.54) is 9.80 Å². The van der Waals surface area contributed by atoms with Gasteiger partial charge in [0.05, 0.1) is 13.7 Å². The molecule has 0 saturated carbocycles. The first-order valence-corrected chi connectivity index (χ1v) is 7.12. The van der Waals surface area contributed by atoms with Gasteiger partial charge in [0.2, 0.25) is 5.91 Å². The maximum atomic E-state index is 12.4. The van der Waals surface area contributed by atoms with Crippen LogP contribution in [0.1, 0.15) is 0 Å². The van der Waals surface area contributed by atoms with Gasteiger partial charge in [0.25, 0.3) is 0 Å². The smallest absolute Gasteiger partial charge is 0.325 e. The van der Waals surface area contributed by atoms with E-state index in [0.717, 1.165) is 11.4 Å². The number of ether oxygens (including phenoxy) is 1. The lowest BCUT2D eigenvalue weighted by molar-refractivity contribution is -0.130. The van der Waals surface area contributed by atoms with Gasteiger partial charge in [-0.3, -0.25) is 9.69 Å². The van der Waals surface area contributed by atoms with Crippen LogP contribution < -0.4 is 9.64 Å². The Morgan fingerprint density at radius 1 is 1.32 bits per heavy atom. The van der Waals surface area contributed by atoms with Crippen LogP contribution in [0.4, 0.5) is 10.5 Å². The normalized spacial score (nSPS) is 14.4. The Kier molecular flexibility index (Phi) is 5.21. The second-order valence-electron chi connectivity index (χ2n) is 5.09. The van der Waals surface area contributed by atoms with E-state index in [4.69, 9.17) is 9.84 Å². The highest BCUT2D eigenvalue weighted by molar-refractivity contribution is 5.96. The van der Waals surface area contributed by atoms with Crippen LogP contribution in [0.2, 0.25) is 0 Å². The van der Waals surface area contributed by atoms with Gasteiger partial charge in [-0.05, 0) is 24.3 Å². The summed E-state index contributed by atoms with van der Waals surface area (Å²) in [6.45, 7) is 1.25. The molecule has 22 heavy (non-hydrogen) atoms. The van der Waals surface area contributed by atoms with Gasteiger partial charge in [-0.1, -0.05) is 0 Å². The number of methoxy groups -OCH3 is 1. The number of benzene rings is 1. The van der Waals surface area contributed by atoms with Crippen molar-refractivity contribution >= 4 is 17.6 Å². The van der Waals surface area contributed by atoms with Gasteiger partial charge in [-0.25, -0.2) is 4.79 Å². The maximum Gasteiger partial charge on any atom is 0.325 e. The fourth-order valence-electron chi connectivity index (χ4n) is 2.29. The number of nitrogens with zero attached hydrogens (tertiary/aromatic N) is 3. The van der Waals surface area contributed by atoms with Crippen molar-refractivity contribution in [2.75, 3.05) is 51.8 Å². The fraction of sp³-hybridized carbons (Fsp3) is 0.467. The van der Waals surface area contributed by atoms with E-state index in [-0.39, 0.29) is 31.6 Å². The van der Waals surface area contributed by atoms with Crippen molar-refractivity contribution < 1.29 is 19.4 Å². The van der Waals surface area contributed by atoms with Crippen LogP contribution in [0, 0.1) is 0 Å². The van der Waals surface area contributed by atoms with Crippen LogP contribution in [0.25, 0.3) is 0 Å². The first kappa shape index (κ1) is 16.1. The summed E-state index contributed by atoms with van der Waals surface area (Å²) >= 11 is 0. The second-order valence-corrected chi connectivity index (χ2v) is 5.09. The van der Waals surface area contributed by atoms with Crippen LogP contribution in [-0.4, -0.2) is 73.8 Å². The molecule has 1 fully saturated rings. The Morgan fingerprint density at radius 2 is 2.00 bits per heavy atom. The second kappa shape index (κ2) is 7.13. The van der Waals surface area contributed by atoms with E-state index in [9.17, 15) is 9.59 Å². The number of hydrogen-bond donors (Lipinski definition) is 1. The van der Waals surface area contributed by atoms with Gasteiger partial charge in [-0.2, -0.15) is 0 Å². The lowest BCUT2D eigenvalue weighted by Crippen LogP contribution is -2.41. The van der Waals surface area contributed by atoms with E-state index < -0.39 is 0 Å². The number of anilines is 1. The molecule has 0 aliphatic carbocycles. The molecule has 7 nitrogen and oxygen atoms in total. The van der Waals surface area contributed by atoms with E-state index in [1.807, 2.05) is 12.1 Å². The average Bonchev–Trinajstić information content (AvgIpc) is 2.88. The summed E-state index contributed by atoms with van der Waals surface area (Å²) < 4.78 is 5.10. The van der Waals surface area contributed by atoms with Gasteiger partial charge in [0.1, 0.15) is 12.3 Å². The third-order valence-electron chi connectivity index (χ3n) is 3.67. The van der Waals surface area contributed by atoms with Crippen molar-refractivity contribution in [2.24, 2.45) is 0 Å². The van der Waals surface area contributed by atoms with Crippen molar-refractivity contribution in [3.63, 3.8) is 0 Å². The Labute approximate surface area is 129 Å². The van der Waals surface area contributed by atoms with Gasteiger partial charge >= 0.3 is 6.03 Å². The summed E-state index contributed by atoms with van der Waals surface area (Å²) in [5.74, 6) is 0.548. The first-order chi connectivity index (χ1) is 10.6. The third-order valence-corrected chi connectivity index (χ3v) is 3.67. The number of hydrogen-bond acceptors (Lipinski definition) is 4. The minimum Gasteiger partial charge on any atom is -0.497 e. The molecule has 1 aliphatic rings. The lowest BCUT2D eigenvalue weighted by Gasteiger charge is -2.21. The first-order valence-electron chi connectivity index (χ1n) is 7.12. The molecular formula is C15H21N3O4. The van der Waals surface area contributed by atoms with Crippen LogP contribution in [0.5, 0.6) is 5.75 Å². The predicted molar refractivity (Wildman–Crippen MR) is 82.0 cm³/mol. The largest absolute Gasteiger partial charge is 0.497 e. The molecule has 7 heteroatoms. The standard InChI is InChI=1S/C15H21N3O4/c1-16(9-10-19)14(20)11-17-7-8-18(15(17)21)12-3-5-13(22-2)6-4-12/h3-6,19H,7-11H2,1-2H3. The summed E-state index contributed by atoms with van der Waals surface area (Å²) in [6, 6.07) is 7.05. The van der Waals surface area contributed by atoms with E-state index >= 15 is 0 Å². The predicted octanol–water partition coefficient (Wildman–Crippen LogP) is 0.388. The molecule has 1 saturated heterocycles. The van der Waals surface area contributed by atoms with Crippen LogP contribution in [0.15, 0.2) is 24.3 Å². The highest BCUT2D eigenvalue weighted by atomic mass is 16.5. The number of amides is 3. The average molecular weight is 307 g/mol. The number of rotatable bonds is 6. The summed E-state index contributed by atoms with van der Waals surface area (Å²) in [6.07, 6.45) is 0. The molecule has 120 valence electrons.